The molecule has 1 saturated heterocycles. The molecule has 1 heterocycles. The molecule has 0 aromatic heterocycles. The van der Waals surface area contributed by atoms with Crippen molar-refractivity contribution >= 4 is 23.4 Å². The second-order valence-electron chi connectivity index (χ2n) is 5.79. The van der Waals surface area contributed by atoms with Crippen molar-refractivity contribution in [3.8, 4) is 0 Å². The van der Waals surface area contributed by atoms with Gasteiger partial charge in [0.2, 0.25) is 5.91 Å². The molecular weight excluding hydrogens is 313 g/mol. The number of hydrogen-bond donors (Lipinski definition) is 2. The Balaban J connectivity index is 1.91. The second-order valence-corrected chi connectivity index (χ2v) is 7.16. The van der Waals surface area contributed by atoms with Crippen molar-refractivity contribution in [3.63, 3.8) is 0 Å². The van der Waals surface area contributed by atoms with Crippen LogP contribution in [0.5, 0.6) is 0 Å². The fraction of sp³-hybridized carbons (Fsp3) is 0.412. The molecule has 23 heavy (non-hydrogen) atoms. The number of halogens is 1. The van der Waals surface area contributed by atoms with Crippen molar-refractivity contribution in [1.82, 2.24) is 4.90 Å². The summed E-state index contributed by atoms with van der Waals surface area (Å²) in [5.74, 6) is -0.227. The molecule has 1 atom stereocenters. The molecule has 0 bridgehead atoms. The number of nitrogens with one attached hydrogen (secondary N) is 1. The highest BCUT2D eigenvalue weighted by Crippen LogP contribution is 2.30. The maximum absolute atomic E-state index is 12.9. The zero-order valence-electron chi connectivity index (χ0n) is 13.4. The smallest absolute Gasteiger partial charge is 0.227 e. The van der Waals surface area contributed by atoms with Crippen molar-refractivity contribution in [2.45, 2.75) is 36.8 Å². The summed E-state index contributed by atoms with van der Waals surface area (Å²) in [7, 11) is 0. The van der Waals surface area contributed by atoms with Crippen LogP contribution < -0.4 is 5.73 Å². The molecular formula is C17H22FN3OS. The first-order valence-corrected chi connectivity index (χ1v) is 8.45. The number of allylic oxidation sites excluding steroid dienone is 1. The number of thioether (sulfide) groups is 1. The summed E-state index contributed by atoms with van der Waals surface area (Å²) >= 11 is 1.67. The highest BCUT2D eigenvalue weighted by atomic mass is 32.2. The molecule has 1 unspecified atom stereocenters. The Morgan fingerprint density at radius 3 is 2.61 bits per heavy atom. The Morgan fingerprint density at radius 2 is 2.04 bits per heavy atom. The van der Waals surface area contributed by atoms with Gasteiger partial charge in [-0.2, -0.15) is 0 Å². The van der Waals surface area contributed by atoms with E-state index in [4.69, 9.17) is 11.1 Å². The van der Waals surface area contributed by atoms with E-state index in [0.29, 0.717) is 35.3 Å². The van der Waals surface area contributed by atoms with Crippen LogP contribution in [0, 0.1) is 11.2 Å². The zero-order chi connectivity index (χ0) is 17.0. The molecule has 3 N–H and O–H groups in total. The van der Waals surface area contributed by atoms with Crippen molar-refractivity contribution in [2.75, 3.05) is 13.1 Å². The third-order valence-electron chi connectivity index (χ3n) is 3.87. The van der Waals surface area contributed by atoms with Crippen molar-refractivity contribution in [3.05, 3.63) is 41.4 Å². The predicted molar refractivity (Wildman–Crippen MR) is 92.1 cm³/mol. The quantitative estimate of drug-likeness (QED) is 0.812. The summed E-state index contributed by atoms with van der Waals surface area (Å²) < 4.78 is 12.9. The van der Waals surface area contributed by atoms with E-state index >= 15 is 0 Å². The molecule has 0 aliphatic carbocycles. The van der Waals surface area contributed by atoms with Gasteiger partial charge in [0.05, 0.1) is 6.42 Å². The Morgan fingerprint density at radius 1 is 1.39 bits per heavy atom. The number of carbonyl (C=O) groups is 1. The van der Waals surface area contributed by atoms with Gasteiger partial charge in [0.15, 0.2) is 0 Å². The Labute approximate surface area is 140 Å². The fourth-order valence-corrected chi connectivity index (χ4v) is 3.74. The number of hydrogen-bond acceptors (Lipinski definition) is 4. The summed E-state index contributed by atoms with van der Waals surface area (Å²) in [6.45, 7) is 4.76. The third kappa shape index (κ3) is 4.82. The van der Waals surface area contributed by atoms with Crippen LogP contribution in [0.4, 0.5) is 4.39 Å². The maximum atomic E-state index is 12.9. The molecule has 124 valence electrons. The predicted octanol–water partition coefficient (Wildman–Crippen LogP) is 3.18. The largest absolute Gasteiger partial charge is 0.402 e. The standard InChI is InChI=1S/C17H22FN3OS/c1-11(19)16(12(2)20)9-17(22)21-8-7-15(10-21)23-14-5-3-13(18)4-6-14/h3-6,15,19H,7-10,20H2,1-2H3/b16-12-,19-11?. The van der Waals surface area contributed by atoms with Gasteiger partial charge in [-0.15, -0.1) is 11.8 Å². The molecule has 1 aliphatic heterocycles. The number of nitrogens with two attached hydrogens (primary N) is 1. The van der Waals surface area contributed by atoms with Gasteiger partial charge in [-0.25, -0.2) is 4.39 Å². The van der Waals surface area contributed by atoms with Gasteiger partial charge in [-0.3, -0.25) is 4.79 Å². The lowest BCUT2D eigenvalue weighted by Crippen LogP contribution is -2.30. The van der Waals surface area contributed by atoms with Crippen LogP contribution in [0.1, 0.15) is 26.7 Å². The minimum Gasteiger partial charge on any atom is -0.402 e. The first kappa shape index (κ1) is 17.5. The van der Waals surface area contributed by atoms with E-state index in [-0.39, 0.29) is 18.1 Å². The molecule has 1 amide bonds. The van der Waals surface area contributed by atoms with E-state index in [1.807, 2.05) is 4.90 Å². The van der Waals surface area contributed by atoms with E-state index in [0.717, 1.165) is 11.3 Å². The van der Waals surface area contributed by atoms with Crippen molar-refractivity contribution < 1.29 is 9.18 Å². The highest BCUT2D eigenvalue weighted by molar-refractivity contribution is 8.00. The Bertz CT molecular complexity index is 623. The minimum absolute atomic E-state index is 0.0126. The average molecular weight is 335 g/mol. The van der Waals surface area contributed by atoms with E-state index in [9.17, 15) is 9.18 Å². The number of rotatable bonds is 5. The summed E-state index contributed by atoms with van der Waals surface area (Å²) in [5, 5.41) is 8.02. The molecule has 2 rings (SSSR count). The van der Waals surface area contributed by atoms with Crippen LogP contribution >= 0.6 is 11.8 Å². The number of likely N-dealkylation sites (tertiary alicyclic amines) is 1. The van der Waals surface area contributed by atoms with Gasteiger partial charge in [0.25, 0.3) is 0 Å². The highest BCUT2D eigenvalue weighted by Gasteiger charge is 2.27. The van der Waals surface area contributed by atoms with E-state index in [2.05, 4.69) is 0 Å². The first-order chi connectivity index (χ1) is 10.9. The molecule has 1 aromatic carbocycles. The number of nitrogens with zero attached hydrogens (tertiary/aromatic N) is 1. The summed E-state index contributed by atoms with van der Waals surface area (Å²) in [6.07, 6.45) is 1.10. The number of benzene rings is 1. The van der Waals surface area contributed by atoms with Crippen LogP contribution in [-0.4, -0.2) is 34.9 Å². The van der Waals surface area contributed by atoms with E-state index in [1.165, 1.54) is 12.1 Å². The van der Waals surface area contributed by atoms with E-state index in [1.54, 1.807) is 37.7 Å². The molecule has 0 radical (unpaired) electrons. The van der Waals surface area contributed by atoms with Gasteiger partial charge in [-0.05, 0) is 44.5 Å². The van der Waals surface area contributed by atoms with Gasteiger partial charge < -0.3 is 16.0 Å². The monoisotopic (exact) mass is 335 g/mol. The van der Waals surface area contributed by atoms with Crippen molar-refractivity contribution in [2.24, 2.45) is 5.73 Å². The summed E-state index contributed by atoms with van der Waals surface area (Å²) in [6, 6.07) is 6.44. The van der Waals surface area contributed by atoms with Gasteiger partial charge >= 0.3 is 0 Å². The normalized spacial score (nSPS) is 18.7. The summed E-state index contributed by atoms with van der Waals surface area (Å²) in [4.78, 5) is 15.2. The van der Waals surface area contributed by atoms with E-state index < -0.39 is 0 Å². The lowest BCUT2D eigenvalue weighted by atomic mass is 10.1. The SMILES string of the molecule is CC(=N)/C(CC(=O)N1CCC(Sc2ccc(F)cc2)C1)=C(/C)N. The van der Waals surface area contributed by atoms with Crippen LogP contribution in [0.3, 0.4) is 0 Å². The van der Waals surface area contributed by atoms with Gasteiger partial charge in [0, 0.05) is 40.2 Å². The molecule has 1 aromatic rings. The molecule has 1 aliphatic rings. The van der Waals surface area contributed by atoms with Crippen molar-refractivity contribution in [1.29, 1.82) is 5.41 Å². The Kier molecular flexibility index (Phi) is 5.82. The van der Waals surface area contributed by atoms with Gasteiger partial charge in [0.1, 0.15) is 5.82 Å². The lowest BCUT2D eigenvalue weighted by Gasteiger charge is -2.18. The Hall–Kier alpha value is -1.82. The second kappa shape index (κ2) is 7.64. The first-order valence-electron chi connectivity index (χ1n) is 7.57. The molecule has 0 spiro atoms. The van der Waals surface area contributed by atoms with Crippen LogP contribution in [0.15, 0.2) is 40.4 Å². The number of carbonyl (C=O) groups excluding carboxylic acids is 1. The van der Waals surface area contributed by atoms with Gasteiger partial charge in [-0.1, -0.05) is 0 Å². The van der Waals surface area contributed by atoms with Crippen LogP contribution in [0.25, 0.3) is 0 Å². The molecule has 6 heteroatoms. The number of amides is 1. The topological polar surface area (TPSA) is 70.2 Å². The lowest BCUT2D eigenvalue weighted by molar-refractivity contribution is -0.129. The molecule has 4 nitrogen and oxygen atoms in total. The fourth-order valence-electron chi connectivity index (χ4n) is 2.59. The maximum Gasteiger partial charge on any atom is 0.227 e. The summed E-state index contributed by atoms with van der Waals surface area (Å²) in [5.41, 5.74) is 7.25. The molecule has 1 fully saturated rings. The van der Waals surface area contributed by atoms with Crippen LogP contribution in [0.2, 0.25) is 0 Å². The third-order valence-corrected chi connectivity index (χ3v) is 5.13. The zero-order valence-corrected chi connectivity index (χ0v) is 14.3. The molecule has 0 saturated carbocycles. The minimum atomic E-state index is -0.240. The average Bonchev–Trinajstić information content (AvgIpc) is 2.95. The van der Waals surface area contributed by atoms with Crippen LogP contribution in [-0.2, 0) is 4.79 Å².